The van der Waals surface area contributed by atoms with Crippen LogP contribution in [-0.4, -0.2) is 53.4 Å². The molecule has 0 amide bonds. The second-order valence-electron chi connectivity index (χ2n) is 5.92. The Labute approximate surface area is 168 Å². The van der Waals surface area contributed by atoms with Crippen molar-refractivity contribution in [3.63, 3.8) is 0 Å². The fourth-order valence-electron chi connectivity index (χ4n) is 2.49. The van der Waals surface area contributed by atoms with Crippen LogP contribution in [0.3, 0.4) is 0 Å². The standard InChI is InChI=1S/C17H19NOS.C4H4O4/c1-2-7-16(8-3-1)20-17-9-5-4-6-15(17)14-18-10-12-19-13-11-18;5-3(6)1-2-4(7)8/h1-9H,10-14H2;1-2H,(H,5,6)(H,7,8)/b;2-1-. The molecular formula is C21H23NO5S. The summed E-state index contributed by atoms with van der Waals surface area (Å²) >= 11 is 1.84. The van der Waals surface area contributed by atoms with Crippen molar-refractivity contribution in [2.45, 2.75) is 16.3 Å². The number of hydrogen-bond acceptors (Lipinski definition) is 5. The number of aliphatic carboxylic acids is 2. The Morgan fingerprint density at radius 3 is 2.11 bits per heavy atom. The van der Waals surface area contributed by atoms with Gasteiger partial charge in [0.15, 0.2) is 0 Å². The molecule has 2 aromatic rings. The van der Waals surface area contributed by atoms with Gasteiger partial charge in [0, 0.05) is 41.6 Å². The summed E-state index contributed by atoms with van der Waals surface area (Å²) in [6, 6.07) is 19.3. The van der Waals surface area contributed by atoms with Crippen LogP contribution in [-0.2, 0) is 20.9 Å². The highest BCUT2D eigenvalue weighted by Gasteiger charge is 2.13. The van der Waals surface area contributed by atoms with Crippen LogP contribution in [0.1, 0.15) is 5.56 Å². The third-order valence-corrected chi connectivity index (χ3v) is 4.94. The summed E-state index contributed by atoms with van der Waals surface area (Å²) in [5.41, 5.74) is 1.41. The zero-order valence-electron chi connectivity index (χ0n) is 15.4. The van der Waals surface area contributed by atoms with Gasteiger partial charge in [-0.2, -0.15) is 0 Å². The van der Waals surface area contributed by atoms with E-state index in [2.05, 4.69) is 59.5 Å². The van der Waals surface area contributed by atoms with E-state index in [0.29, 0.717) is 12.2 Å². The SMILES string of the molecule is O=C(O)/C=C\C(=O)O.c1ccc(Sc2ccccc2CN2CCOCC2)cc1. The molecule has 6 nitrogen and oxygen atoms in total. The number of hydrogen-bond donors (Lipinski definition) is 2. The Kier molecular flexibility index (Phi) is 9.27. The van der Waals surface area contributed by atoms with Crippen LogP contribution in [0.2, 0.25) is 0 Å². The van der Waals surface area contributed by atoms with Crippen LogP contribution < -0.4 is 0 Å². The maximum absolute atomic E-state index is 9.55. The summed E-state index contributed by atoms with van der Waals surface area (Å²) in [6.07, 6.45) is 1.12. The second kappa shape index (κ2) is 12.0. The van der Waals surface area contributed by atoms with E-state index in [-0.39, 0.29) is 0 Å². The van der Waals surface area contributed by atoms with Crippen molar-refractivity contribution in [2.75, 3.05) is 26.3 Å². The molecule has 1 fully saturated rings. The van der Waals surface area contributed by atoms with Gasteiger partial charge in [0.1, 0.15) is 0 Å². The van der Waals surface area contributed by atoms with Crippen molar-refractivity contribution in [2.24, 2.45) is 0 Å². The highest BCUT2D eigenvalue weighted by molar-refractivity contribution is 7.99. The number of ether oxygens (including phenoxy) is 1. The Hall–Kier alpha value is -2.61. The average molecular weight is 401 g/mol. The van der Waals surface area contributed by atoms with Gasteiger partial charge in [-0.3, -0.25) is 4.90 Å². The van der Waals surface area contributed by atoms with Crippen LogP contribution >= 0.6 is 11.8 Å². The van der Waals surface area contributed by atoms with Gasteiger partial charge in [-0.05, 0) is 23.8 Å². The molecule has 1 heterocycles. The minimum atomic E-state index is -1.26. The Balaban J connectivity index is 0.000000300. The minimum Gasteiger partial charge on any atom is -0.478 e. The summed E-state index contributed by atoms with van der Waals surface area (Å²) in [5, 5.41) is 15.6. The van der Waals surface area contributed by atoms with E-state index in [9.17, 15) is 9.59 Å². The highest BCUT2D eigenvalue weighted by atomic mass is 32.2. The first kappa shape index (κ1) is 21.7. The van der Waals surface area contributed by atoms with Crippen molar-refractivity contribution in [3.05, 3.63) is 72.3 Å². The van der Waals surface area contributed by atoms with Gasteiger partial charge in [-0.15, -0.1) is 0 Å². The van der Waals surface area contributed by atoms with Crippen LogP contribution in [0, 0.1) is 0 Å². The summed E-state index contributed by atoms with van der Waals surface area (Å²) in [5.74, 6) is -2.51. The van der Waals surface area contributed by atoms with E-state index in [1.165, 1.54) is 15.4 Å². The van der Waals surface area contributed by atoms with Gasteiger partial charge in [-0.1, -0.05) is 48.2 Å². The van der Waals surface area contributed by atoms with Gasteiger partial charge >= 0.3 is 11.9 Å². The lowest BCUT2D eigenvalue weighted by molar-refractivity contribution is -0.134. The smallest absolute Gasteiger partial charge is 0.328 e. The summed E-state index contributed by atoms with van der Waals surface area (Å²) < 4.78 is 5.42. The molecule has 28 heavy (non-hydrogen) atoms. The fraction of sp³-hybridized carbons (Fsp3) is 0.238. The number of carbonyl (C=O) groups is 2. The number of benzene rings is 2. The van der Waals surface area contributed by atoms with Crippen LogP contribution in [0.25, 0.3) is 0 Å². The van der Waals surface area contributed by atoms with Gasteiger partial charge in [-0.25, -0.2) is 9.59 Å². The van der Waals surface area contributed by atoms with E-state index in [1.54, 1.807) is 0 Å². The maximum Gasteiger partial charge on any atom is 0.328 e. The quantitative estimate of drug-likeness (QED) is 0.718. The van der Waals surface area contributed by atoms with Crippen LogP contribution in [0.15, 0.2) is 76.5 Å². The molecule has 1 aliphatic heterocycles. The van der Waals surface area contributed by atoms with E-state index >= 15 is 0 Å². The van der Waals surface area contributed by atoms with Gasteiger partial charge in [0.25, 0.3) is 0 Å². The first-order chi connectivity index (χ1) is 13.5. The molecule has 1 aliphatic rings. The molecule has 0 aromatic heterocycles. The topological polar surface area (TPSA) is 87.1 Å². The van der Waals surface area contributed by atoms with E-state index in [4.69, 9.17) is 14.9 Å². The van der Waals surface area contributed by atoms with Crippen molar-refractivity contribution in [1.29, 1.82) is 0 Å². The van der Waals surface area contributed by atoms with E-state index in [0.717, 1.165) is 32.8 Å². The maximum atomic E-state index is 9.55. The predicted molar refractivity (Wildman–Crippen MR) is 108 cm³/mol. The van der Waals surface area contributed by atoms with Crippen LogP contribution in [0.5, 0.6) is 0 Å². The first-order valence-electron chi connectivity index (χ1n) is 8.79. The monoisotopic (exact) mass is 401 g/mol. The molecule has 0 aliphatic carbocycles. The normalized spacial score (nSPS) is 14.3. The average Bonchev–Trinajstić information content (AvgIpc) is 2.70. The van der Waals surface area contributed by atoms with E-state index in [1.807, 2.05) is 11.8 Å². The van der Waals surface area contributed by atoms with Crippen molar-refractivity contribution in [3.8, 4) is 0 Å². The van der Waals surface area contributed by atoms with Gasteiger partial charge in [0.2, 0.25) is 0 Å². The van der Waals surface area contributed by atoms with Crippen molar-refractivity contribution >= 4 is 23.7 Å². The fourth-order valence-corrected chi connectivity index (χ4v) is 3.45. The number of carboxylic acid groups (broad SMARTS) is 2. The Morgan fingerprint density at radius 2 is 1.50 bits per heavy atom. The largest absolute Gasteiger partial charge is 0.478 e. The molecule has 0 radical (unpaired) electrons. The third-order valence-electron chi connectivity index (χ3n) is 3.81. The van der Waals surface area contributed by atoms with Crippen molar-refractivity contribution < 1.29 is 24.5 Å². The zero-order chi connectivity index (χ0) is 20.2. The molecule has 0 spiro atoms. The number of nitrogens with zero attached hydrogens (tertiary/aromatic N) is 1. The minimum absolute atomic E-state index is 0.558. The molecule has 0 saturated carbocycles. The molecule has 0 unspecified atom stereocenters. The molecular weight excluding hydrogens is 378 g/mol. The molecule has 0 bridgehead atoms. The summed E-state index contributed by atoms with van der Waals surface area (Å²) in [7, 11) is 0. The summed E-state index contributed by atoms with van der Waals surface area (Å²) in [4.78, 5) is 24.2. The molecule has 0 atom stereocenters. The lowest BCUT2D eigenvalue weighted by atomic mass is 10.2. The first-order valence-corrected chi connectivity index (χ1v) is 9.61. The zero-order valence-corrected chi connectivity index (χ0v) is 16.2. The second-order valence-corrected chi connectivity index (χ2v) is 7.04. The molecule has 7 heteroatoms. The molecule has 148 valence electrons. The number of rotatable bonds is 6. The summed E-state index contributed by atoms with van der Waals surface area (Å²) in [6.45, 7) is 4.79. The lowest BCUT2D eigenvalue weighted by Gasteiger charge is -2.27. The Bertz CT molecular complexity index is 772. The number of morpholine rings is 1. The Morgan fingerprint density at radius 1 is 0.929 bits per heavy atom. The molecule has 3 rings (SSSR count). The molecule has 1 saturated heterocycles. The predicted octanol–water partition coefficient (Wildman–Crippen LogP) is 3.38. The van der Waals surface area contributed by atoms with Gasteiger partial charge < -0.3 is 14.9 Å². The van der Waals surface area contributed by atoms with E-state index < -0.39 is 11.9 Å². The number of carboxylic acids is 2. The lowest BCUT2D eigenvalue weighted by Crippen LogP contribution is -2.35. The van der Waals surface area contributed by atoms with Crippen LogP contribution in [0.4, 0.5) is 0 Å². The molecule has 2 aromatic carbocycles. The molecule has 2 N–H and O–H groups in total. The third kappa shape index (κ3) is 8.39. The highest BCUT2D eigenvalue weighted by Crippen LogP contribution is 2.30. The van der Waals surface area contributed by atoms with Crippen molar-refractivity contribution in [1.82, 2.24) is 4.90 Å². The van der Waals surface area contributed by atoms with Gasteiger partial charge in [0.05, 0.1) is 13.2 Å².